The lowest BCUT2D eigenvalue weighted by molar-refractivity contribution is -0.121. The Morgan fingerprint density at radius 2 is 1.71 bits per heavy atom. The number of halogens is 1. The zero-order valence-electron chi connectivity index (χ0n) is 12.5. The summed E-state index contributed by atoms with van der Waals surface area (Å²) in [6.45, 7) is 0. The zero-order chi connectivity index (χ0) is 17.1. The van der Waals surface area contributed by atoms with Gasteiger partial charge < -0.3 is 0 Å². The molecule has 2 N–H and O–H groups in total. The first-order chi connectivity index (χ1) is 11.6. The molecule has 0 radical (unpaired) electrons. The fraction of sp³-hybridized carbons (Fsp3) is 0.118. The van der Waals surface area contributed by atoms with Crippen LogP contribution in [-0.4, -0.2) is 23.8 Å². The Morgan fingerprint density at radius 3 is 2.42 bits per heavy atom. The predicted octanol–water partition coefficient (Wildman–Crippen LogP) is 1.86. The van der Waals surface area contributed by atoms with Crippen molar-refractivity contribution in [2.45, 2.75) is 12.5 Å². The number of benzene rings is 2. The third kappa shape index (κ3) is 3.31. The maximum absolute atomic E-state index is 12.4. The van der Waals surface area contributed by atoms with E-state index in [0.717, 1.165) is 8.47 Å². The lowest BCUT2D eigenvalue weighted by Crippen LogP contribution is -2.48. The van der Waals surface area contributed by atoms with E-state index in [9.17, 15) is 14.4 Å². The monoisotopic (exact) mass is 435 g/mol. The molecule has 1 aliphatic rings. The molecule has 1 heterocycles. The number of nitrogens with zero attached hydrogens (tertiary/aromatic N) is 1. The summed E-state index contributed by atoms with van der Waals surface area (Å²) < 4.78 is 0.800. The first kappa shape index (κ1) is 16.6. The summed E-state index contributed by atoms with van der Waals surface area (Å²) >= 11 is 2.06. The van der Waals surface area contributed by atoms with E-state index in [4.69, 9.17) is 0 Å². The minimum absolute atomic E-state index is 0.000110. The molecule has 7 heteroatoms. The van der Waals surface area contributed by atoms with Gasteiger partial charge in [-0.15, -0.1) is 0 Å². The number of imide groups is 1. The lowest BCUT2D eigenvalue weighted by atomic mass is 10.2. The van der Waals surface area contributed by atoms with Gasteiger partial charge in [-0.2, -0.15) is 0 Å². The van der Waals surface area contributed by atoms with E-state index in [1.165, 1.54) is 0 Å². The number of amides is 3. The highest BCUT2D eigenvalue weighted by Gasteiger charge is 2.39. The van der Waals surface area contributed by atoms with Crippen LogP contribution >= 0.6 is 22.6 Å². The lowest BCUT2D eigenvalue weighted by Gasteiger charge is -2.16. The van der Waals surface area contributed by atoms with Gasteiger partial charge in [0.15, 0.2) is 0 Å². The van der Waals surface area contributed by atoms with Crippen molar-refractivity contribution in [1.29, 1.82) is 0 Å². The number of rotatable bonds is 4. The summed E-state index contributed by atoms with van der Waals surface area (Å²) in [6, 6.07) is 15.1. The van der Waals surface area contributed by atoms with E-state index in [1.54, 1.807) is 36.4 Å². The molecule has 1 atom stereocenters. The fourth-order valence-electron chi connectivity index (χ4n) is 2.46. The average molecular weight is 435 g/mol. The van der Waals surface area contributed by atoms with Crippen molar-refractivity contribution in [1.82, 2.24) is 10.9 Å². The first-order valence-corrected chi connectivity index (χ1v) is 8.38. The topological polar surface area (TPSA) is 78.5 Å². The molecular formula is C17H14IN3O3. The zero-order valence-corrected chi connectivity index (χ0v) is 14.7. The Morgan fingerprint density at radius 1 is 1.04 bits per heavy atom. The van der Waals surface area contributed by atoms with Gasteiger partial charge in [-0.3, -0.25) is 19.8 Å². The first-order valence-electron chi connectivity index (χ1n) is 7.30. The highest BCUT2D eigenvalue weighted by molar-refractivity contribution is 14.1. The Labute approximate surface area is 152 Å². The maximum Gasteiger partial charge on any atom is 0.266 e. The summed E-state index contributed by atoms with van der Waals surface area (Å²) in [7, 11) is 0. The number of carbonyl (C=O) groups is 3. The number of hydrogen-bond acceptors (Lipinski definition) is 4. The van der Waals surface area contributed by atoms with E-state index < -0.39 is 6.04 Å². The number of hydrazine groups is 1. The van der Waals surface area contributed by atoms with E-state index in [-0.39, 0.29) is 24.1 Å². The number of para-hydroxylation sites is 1. The third-order valence-electron chi connectivity index (χ3n) is 3.64. The largest absolute Gasteiger partial charge is 0.287 e. The molecule has 1 unspecified atom stereocenters. The van der Waals surface area contributed by atoms with Crippen LogP contribution in [0.3, 0.4) is 0 Å². The molecule has 122 valence electrons. The molecular weight excluding hydrogens is 421 g/mol. The smallest absolute Gasteiger partial charge is 0.266 e. The second-order valence-corrected chi connectivity index (χ2v) is 6.40. The van der Waals surface area contributed by atoms with Crippen molar-refractivity contribution in [3.8, 4) is 0 Å². The summed E-state index contributed by atoms with van der Waals surface area (Å²) in [5, 5.41) is 0. The Bertz CT molecular complexity index is 795. The Balaban J connectivity index is 1.67. The molecule has 3 rings (SSSR count). The molecule has 24 heavy (non-hydrogen) atoms. The van der Waals surface area contributed by atoms with Crippen LogP contribution in [0.15, 0.2) is 54.6 Å². The molecule has 0 aromatic heterocycles. The normalized spacial score (nSPS) is 17.2. The minimum atomic E-state index is -0.775. The highest BCUT2D eigenvalue weighted by Crippen LogP contribution is 2.22. The molecule has 0 saturated carbocycles. The van der Waals surface area contributed by atoms with Crippen LogP contribution in [0.25, 0.3) is 0 Å². The van der Waals surface area contributed by atoms with E-state index in [0.29, 0.717) is 11.3 Å². The van der Waals surface area contributed by atoms with Gasteiger partial charge in [-0.05, 0) is 46.9 Å². The molecule has 0 spiro atoms. The van der Waals surface area contributed by atoms with Crippen LogP contribution in [0.1, 0.15) is 16.8 Å². The molecule has 0 aliphatic carbocycles. The quantitative estimate of drug-likeness (QED) is 0.437. The second-order valence-electron chi connectivity index (χ2n) is 5.24. The molecule has 0 bridgehead atoms. The molecule has 3 amide bonds. The van der Waals surface area contributed by atoms with Gasteiger partial charge in [-0.25, -0.2) is 10.3 Å². The van der Waals surface area contributed by atoms with Crippen LogP contribution in [0.5, 0.6) is 0 Å². The van der Waals surface area contributed by atoms with Crippen LogP contribution in [-0.2, 0) is 9.59 Å². The summed E-state index contributed by atoms with van der Waals surface area (Å²) in [5.74, 6) is -1.03. The molecule has 1 saturated heterocycles. The van der Waals surface area contributed by atoms with Crippen molar-refractivity contribution < 1.29 is 14.4 Å². The number of hydrogen-bond donors (Lipinski definition) is 2. The highest BCUT2D eigenvalue weighted by atomic mass is 127. The van der Waals surface area contributed by atoms with Gasteiger partial charge in [0, 0.05) is 3.57 Å². The second kappa shape index (κ2) is 7.10. The summed E-state index contributed by atoms with van der Waals surface area (Å²) in [6.07, 6.45) is -0.000110. The van der Waals surface area contributed by atoms with Gasteiger partial charge in [0.2, 0.25) is 5.91 Å². The number of anilines is 1. The Kier molecular flexibility index (Phi) is 4.91. The summed E-state index contributed by atoms with van der Waals surface area (Å²) in [4.78, 5) is 37.8. The van der Waals surface area contributed by atoms with Gasteiger partial charge >= 0.3 is 0 Å². The van der Waals surface area contributed by atoms with E-state index >= 15 is 0 Å². The van der Waals surface area contributed by atoms with Crippen LogP contribution in [0.2, 0.25) is 0 Å². The van der Waals surface area contributed by atoms with Gasteiger partial charge in [0.05, 0.1) is 17.7 Å². The van der Waals surface area contributed by atoms with Crippen molar-refractivity contribution in [2.75, 3.05) is 4.90 Å². The van der Waals surface area contributed by atoms with E-state index in [1.807, 2.05) is 18.2 Å². The molecule has 2 aromatic carbocycles. The minimum Gasteiger partial charge on any atom is -0.287 e. The maximum atomic E-state index is 12.4. The van der Waals surface area contributed by atoms with Gasteiger partial charge in [0.1, 0.15) is 6.04 Å². The molecule has 1 fully saturated rings. The van der Waals surface area contributed by atoms with E-state index in [2.05, 4.69) is 33.4 Å². The molecule has 6 nitrogen and oxygen atoms in total. The van der Waals surface area contributed by atoms with Crippen molar-refractivity contribution in [3.63, 3.8) is 0 Å². The standard InChI is InChI=1S/C17H14IN3O3/c18-13-9-5-4-8-12(13)16(23)20-19-14-10-15(22)21(17(14)24)11-6-2-1-3-7-11/h1-9,14,19H,10H2,(H,20,23). The fourth-order valence-corrected chi connectivity index (χ4v) is 3.09. The number of nitrogens with one attached hydrogen (secondary N) is 2. The van der Waals surface area contributed by atoms with Crippen LogP contribution in [0, 0.1) is 3.57 Å². The molecule has 1 aliphatic heterocycles. The number of carbonyl (C=O) groups excluding carboxylic acids is 3. The Hall–Kier alpha value is -2.26. The average Bonchev–Trinajstić information content (AvgIpc) is 2.87. The van der Waals surface area contributed by atoms with Crippen LogP contribution < -0.4 is 15.8 Å². The molecule has 2 aromatic rings. The van der Waals surface area contributed by atoms with Crippen LogP contribution in [0.4, 0.5) is 5.69 Å². The summed E-state index contributed by atoms with van der Waals surface area (Å²) in [5.41, 5.74) is 6.21. The van der Waals surface area contributed by atoms with Gasteiger partial charge in [0.25, 0.3) is 11.8 Å². The third-order valence-corrected chi connectivity index (χ3v) is 4.58. The van der Waals surface area contributed by atoms with Gasteiger partial charge in [-0.1, -0.05) is 30.3 Å². The predicted molar refractivity (Wildman–Crippen MR) is 97.1 cm³/mol. The SMILES string of the molecule is O=C(NNC1CC(=O)N(c2ccccc2)C1=O)c1ccccc1I. The van der Waals surface area contributed by atoms with Crippen molar-refractivity contribution >= 4 is 46.0 Å². The van der Waals surface area contributed by atoms with Crippen molar-refractivity contribution in [2.24, 2.45) is 0 Å². The van der Waals surface area contributed by atoms with Crippen molar-refractivity contribution in [3.05, 3.63) is 63.7 Å².